The number of halogens is 3. The Labute approximate surface area is 149 Å². The van der Waals surface area contributed by atoms with Gasteiger partial charge in [0, 0.05) is 0 Å². The number of amides is 1. The van der Waals surface area contributed by atoms with Crippen LogP contribution in [-0.2, 0) is 4.79 Å². The Bertz CT molecular complexity index is 737. The molecule has 7 heteroatoms. The first-order valence-corrected chi connectivity index (χ1v) is 7.86. The van der Waals surface area contributed by atoms with E-state index in [2.05, 4.69) is 15.5 Å². The third-order valence-corrected chi connectivity index (χ3v) is 3.48. The number of azo groups is 1. The van der Waals surface area contributed by atoms with Gasteiger partial charge in [0.1, 0.15) is 5.69 Å². The molecule has 2 aromatic rings. The molecule has 0 aliphatic rings. The number of alkyl halides is 3. The number of carbonyl (C=O) groups excluding carboxylic acids is 1. The maximum absolute atomic E-state index is 11.8. The van der Waals surface area contributed by atoms with E-state index in [1.54, 1.807) is 12.1 Å². The largest absolute Gasteiger partial charge is 0.320 e. The highest BCUT2D eigenvalue weighted by molar-refractivity contribution is 6.76. The molecule has 0 unspecified atom stereocenters. The van der Waals surface area contributed by atoms with Gasteiger partial charge in [0.25, 0.3) is 9.70 Å². The Balaban J connectivity index is 2.28. The maximum atomic E-state index is 11.8. The summed E-state index contributed by atoms with van der Waals surface area (Å²) in [4.78, 5) is 11.8. The molecule has 0 heterocycles. The average Bonchev–Trinajstić information content (AvgIpc) is 2.47. The van der Waals surface area contributed by atoms with Crippen LogP contribution in [0, 0.1) is 13.8 Å². The van der Waals surface area contributed by atoms with E-state index < -0.39 is 9.70 Å². The first kappa shape index (κ1) is 17.7. The monoisotopic (exact) mass is 369 g/mol. The average molecular weight is 371 g/mol. The molecule has 23 heavy (non-hydrogen) atoms. The van der Waals surface area contributed by atoms with E-state index in [1.165, 1.54) is 0 Å². The number of carbonyl (C=O) groups is 1. The third kappa shape index (κ3) is 5.20. The second-order valence-electron chi connectivity index (χ2n) is 5.01. The second-order valence-corrected chi connectivity index (χ2v) is 7.29. The van der Waals surface area contributed by atoms with Crippen LogP contribution in [-0.4, -0.2) is 9.70 Å². The predicted octanol–water partition coefficient (Wildman–Crippen LogP) is 6.03. The number of nitrogens with zero attached hydrogens (tertiary/aromatic N) is 2. The van der Waals surface area contributed by atoms with Crippen LogP contribution < -0.4 is 5.32 Å². The Morgan fingerprint density at radius 3 is 2.17 bits per heavy atom. The summed E-state index contributed by atoms with van der Waals surface area (Å²) in [6, 6.07) is 12.9. The number of nitrogens with one attached hydrogen (secondary N) is 1. The summed E-state index contributed by atoms with van der Waals surface area (Å²) in [6.45, 7) is 3.87. The van der Waals surface area contributed by atoms with Crippen LogP contribution in [0.15, 0.2) is 52.7 Å². The maximum Gasteiger partial charge on any atom is 0.276 e. The molecule has 1 amide bonds. The number of hydrogen-bond acceptors (Lipinski definition) is 3. The van der Waals surface area contributed by atoms with Gasteiger partial charge in [-0.3, -0.25) is 4.79 Å². The van der Waals surface area contributed by atoms with Crippen molar-refractivity contribution in [2.45, 2.75) is 17.6 Å². The lowest BCUT2D eigenvalue weighted by Crippen LogP contribution is -2.26. The highest BCUT2D eigenvalue weighted by Gasteiger charge is 2.31. The molecule has 0 aliphatic carbocycles. The number of aryl methyl sites for hydroxylation is 2. The number of benzene rings is 2. The van der Waals surface area contributed by atoms with Crippen LogP contribution in [0.4, 0.5) is 17.1 Å². The zero-order valence-electron chi connectivity index (χ0n) is 12.5. The SMILES string of the molecule is Cc1ccc(N=Nc2ccc(C)cc2NC(=O)C(Cl)(Cl)Cl)cc1. The van der Waals surface area contributed by atoms with Gasteiger partial charge >= 0.3 is 0 Å². The number of anilines is 1. The second kappa shape index (κ2) is 7.30. The fourth-order valence-electron chi connectivity index (χ4n) is 1.75. The van der Waals surface area contributed by atoms with E-state index in [9.17, 15) is 4.79 Å². The van der Waals surface area contributed by atoms with Crippen LogP contribution in [0.2, 0.25) is 0 Å². The summed E-state index contributed by atoms with van der Waals surface area (Å²) >= 11 is 16.7. The molecular formula is C16H14Cl3N3O. The highest BCUT2D eigenvalue weighted by atomic mass is 35.6. The lowest BCUT2D eigenvalue weighted by atomic mass is 10.2. The molecule has 0 spiro atoms. The van der Waals surface area contributed by atoms with Gasteiger partial charge in [0.05, 0.1) is 11.4 Å². The molecule has 0 saturated heterocycles. The first-order chi connectivity index (χ1) is 10.8. The molecule has 0 radical (unpaired) electrons. The van der Waals surface area contributed by atoms with Gasteiger partial charge in [-0.25, -0.2) is 0 Å². The van der Waals surface area contributed by atoms with Crippen molar-refractivity contribution < 1.29 is 4.79 Å². The molecule has 4 nitrogen and oxygen atoms in total. The van der Waals surface area contributed by atoms with Gasteiger partial charge in [0.15, 0.2) is 0 Å². The van der Waals surface area contributed by atoms with Crippen molar-refractivity contribution in [3.05, 3.63) is 53.6 Å². The van der Waals surface area contributed by atoms with Crippen molar-refractivity contribution in [1.29, 1.82) is 0 Å². The minimum absolute atomic E-state index is 0.428. The third-order valence-electron chi connectivity index (χ3n) is 2.96. The quantitative estimate of drug-likeness (QED) is 0.520. The summed E-state index contributed by atoms with van der Waals surface area (Å²) in [5.41, 5.74) is 3.67. The van der Waals surface area contributed by atoms with Crippen LogP contribution in [0.5, 0.6) is 0 Å². The fourth-order valence-corrected chi connectivity index (χ4v) is 1.90. The summed E-state index contributed by atoms with van der Waals surface area (Å²) in [7, 11) is 0. The molecule has 1 N–H and O–H groups in total. The standard InChI is InChI=1S/C16H14Cl3N3O/c1-10-3-6-12(7-4-10)21-22-13-8-5-11(2)9-14(13)20-15(23)16(17,18)19/h3-9H,1-2H3,(H,20,23). The lowest BCUT2D eigenvalue weighted by Gasteiger charge is -2.13. The van der Waals surface area contributed by atoms with Crippen molar-refractivity contribution >= 4 is 57.8 Å². The molecular weight excluding hydrogens is 357 g/mol. The Kier molecular flexibility index (Phi) is 5.63. The Morgan fingerprint density at radius 1 is 0.957 bits per heavy atom. The van der Waals surface area contributed by atoms with E-state index in [1.807, 2.05) is 44.2 Å². The summed E-state index contributed by atoms with van der Waals surface area (Å²) in [5, 5.41) is 10.9. The van der Waals surface area contributed by atoms with Gasteiger partial charge in [-0.2, -0.15) is 5.11 Å². The van der Waals surface area contributed by atoms with Crippen molar-refractivity contribution in [2.75, 3.05) is 5.32 Å². The zero-order chi connectivity index (χ0) is 17.0. The van der Waals surface area contributed by atoms with Crippen molar-refractivity contribution in [3.8, 4) is 0 Å². The topological polar surface area (TPSA) is 53.8 Å². The van der Waals surface area contributed by atoms with Crippen molar-refractivity contribution in [2.24, 2.45) is 10.2 Å². The highest BCUT2D eigenvalue weighted by Crippen LogP contribution is 2.32. The Hall–Kier alpha value is -1.62. The summed E-state index contributed by atoms with van der Waals surface area (Å²) in [5.74, 6) is -0.750. The van der Waals surface area contributed by atoms with Gasteiger partial charge in [-0.05, 0) is 43.7 Å². The number of rotatable bonds is 3. The Morgan fingerprint density at radius 2 is 1.57 bits per heavy atom. The van der Waals surface area contributed by atoms with E-state index in [0.29, 0.717) is 17.1 Å². The van der Waals surface area contributed by atoms with Crippen LogP contribution in [0.25, 0.3) is 0 Å². The summed E-state index contributed by atoms with van der Waals surface area (Å²) < 4.78 is -2.05. The molecule has 0 aromatic heterocycles. The molecule has 120 valence electrons. The van der Waals surface area contributed by atoms with Gasteiger partial charge in [-0.1, -0.05) is 58.6 Å². The van der Waals surface area contributed by atoms with E-state index >= 15 is 0 Å². The van der Waals surface area contributed by atoms with Crippen LogP contribution in [0.1, 0.15) is 11.1 Å². The van der Waals surface area contributed by atoms with Gasteiger partial charge < -0.3 is 5.32 Å². The van der Waals surface area contributed by atoms with Crippen LogP contribution >= 0.6 is 34.8 Å². The van der Waals surface area contributed by atoms with Crippen molar-refractivity contribution in [1.82, 2.24) is 0 Å². The molecule has 0 fully saturated rings. The zero-order valence-corrected chi connectivity index (χ0v) is 14.7. The molecule has 2 aromatic carbocycles. The molecule has 0 bridgehead atoms. The van der Waals surface area contributed by atoms with Crippen LogP contribution in [0.3, 0.4) is 0 Å². The number of hydrogen-bond donors (Lipinski definition) is 1. The molecule has 0 aliphatic heterocycles. The summed E-state index contributed by atoms with van der Waals surface area (Å²) in [6.07, 6.45) is 0. The van der Waals surface area contributed by atoms with Gasteiger partial charge in [0.2, 0.25) is 0 Å². The molecule has 0 saturated carbocycles. The minimum Gasteiger partial charge on any atom is -0.320 e. The molecule has 2 rings (SSSR count). The van der Waals surface area contributed by atoms with E-state index in [4.69, 9.17) is 34.8 Å². The van der Waals surface area contributed by atoms with E-state index in [-0.39, 0.29) is 0 Å². The van der Waals surface area contributed by atoms with Gasteiger partial charge in [-0.15, -0.1) is 5.11 Å². The van der Waals surface area contributed by atoms with E-state index in [0.717, 1.165) is 11.1 Å². The predicted molar refractivity (Wildman–Crippen MR) is 95.5 cm³/mol. The smallest absolute Gasteiger partial charge is 0.276 e. The van der Waals surface area contributed by atoms with Crippen molar-refractivity contribution in [3.63, 3.8) is 0 Å². The normalized spacial score (nSPS) is 11.7. The minimum atomic E-state index is -2.05. The fraction of sp³-hybridized carbons (Fsp3) is 0.188. The molecule has 0 atom stereocenters. The first-order valence-electron chi connectivity index (χ1n) is 6.73. The lowest BCUT2D eigenvalue weighted by molar-refractivity contribution is -0.115.